The number of hydrogen-bond donors (Lipinski definition) is 1. The van der Waals surface area contributed by atoms with Crippen LogP contribution in [-0.2, 0) is 9.59 Å². The first kappa shape index (κ1) is 9.69. The van der Waals surface area contributed by atoms with Gasteiger partial charge in [-0.2, -0.15) is 0 Å². The smallest absolute Gasteiger partial charge is 0.314 e. The van der Waals surface area contributed by atoms with E-state index in [0.717, 1.165) is 12.8 Å². The monoisotopic (exact) mass is 196 g/mol. The fourth-order valence-electron chi connectivity index (χ4n) is 3.45. The number of hydrogen-bond acceptors (Lipinski definition) is 2. The molecule has 2 rings (SSSR count). The Bertz CT molecular complexity index is 318. The van der Waals surface area contributed by atoms with Gasteiger partial charge in [0.05, 0.1) is 0 Å². The molecule has 3 nitrogen and oxygen atoms in total. The number of ketones is 1. The second kappa shape index (κ2) is 2.38. The normalized spacial score (nSPS) is 44.4. The van der Waals surface area contributed by atoms with Crippen LogP contribution in [0.3, 0.4) is 0 Å². The van der Waals surface area contributed by atoms with E-state index in [2.05, 4.69) is 0 Å². The van der Waals surface area contributed by atoms with Gasteiger partial charge >= 0.3 is 5.97 Å². The van der Waals surface area contributed by atoms with Gasteiger partial charge in [-0.1, -0.05) is 20.8 Å². The van der Waals surface area contributed by atoms with Gasteiger partial charge in [-0.3, -0.25) is 9.59 Å². The lowest BCUT2D eigenvalue weighted by Crippen LogP contribution is -2.38. The van der Waals surface area contributed by atoms with Gasteiger partial charge in [-0.15, -0.1) is 0 Å². The zero-order chi connectivity index (χ0) is 10.7. The fourth-order valence-corrected chi connectivity index (χ4v) is 3.45. The Morgan fingerprint density at radius 3 is 2.29 bits per heavy atom. The summed E-state index contributed by atoms with van der Waals surface area (Å²) in [6, 6.07) is 0. The molecule has 0 amide bonds. The lowest BCUT2D eigenvalue weighted by atomic mass is 9.67. The van der Waals surface area contributed by atoms with E-state index in [-0.39, 0.29) is 22.5 Å². The first-order valence-electron chi connectivity index (χ1n) is 5.09. The molecule has 0 spiro atoms. The predicted molar refractivity (Wildman–Crippen MR) is 50.7 cm³/mol. The van der Waals surface area contributed by atoms with Gasteiger partial charge in [0.2, 0.25) is 0 Å². The molecule has 1 N–H and O–H groups in total. The van der Waals surface area contributed by atoms with Gasteiger partial charge in [0.15, 0.2) is 5.78 Å². The van der Waals surface area contributed by atoms with Crippen LogP contribution in [0.2, 0.25) is 0 Å². The second-order valence-electron chi connectivity index (χ2n) is 5.40. The maximum Gasteiger partial charge on any atom is 0.314 e. The Morgan fingerprint density at radius 2 is 2.00 bits per heavy atom. The molecule has 78 valence electrons. The third-order valence-electron chi connectivity index (χ3n) is 4.81. The zero-order valence-electron chi connectivity index (χ0n) is 8.83. The van der Waals surface area contributed by atoms with E-state index in [1.807, 2.05) is 20.8 Å². The van der Waals surface area contributed by atoms with Crippen molar-refractivity contribution < 1.29 is 14.7 Å². The molecule has 0 aromatic rings. The first-order chi connectivity index (χ1) is 6.32. The molecule has 2 aliphatic rings. The highest BCUT2D eigenvalue weighted by molar-refractivity contribution is 6.03. The molecule has 2 bridgehead atoms. The van der Waals surface area contributed by atoms with Crippen LogP contribution in [-0.4, -0.2) is 16.9 Å². The van der Waals surface area contributed by atoms with E-state index in [9.17, 15) is 9.59 Å². The summed E-state index contributed by atoms with van der Waals surface area (Å²) in [5.74, 6) is -1.78. The van der Waals surface area contributed by atoms with Crippen molar-refractivity contribution in [2.45, 2.75) is 33.6 Å². The Hall–Kier alpha value is -0.860. The van der Waals surface area contributed by atoms with Gasteiger partial charge in [0.1, 0.15) is 5.92 Å². The van der Waals surface area contributed by atoms with Gasteiger partial charge in [-0.25, -0.2) is 0 Å². The molecule has 0 aliphatic heterocycles. The Kier molecular flexibility index (Phi) is 1.65. The summed E-state index contributed by atoms with van der Waals surface area (Å²) in [5.41, 5.74) is -0.478. The van der Waals surface area contributed by atoms with Crippen LogP contribution < -0.4 is 0 Å². The van der Waals surface area contributed by atoms with Crippen LogP contribution >= 0.6 is 0 Å². The molecule has 0 aromatic heterocycles. The number of Topliss-reactive ketones (excluding diaryl/α,β-unsaturated/α-hetero) is 1. The minimum atomic E-state index is -0.937. The van der Waals surface area contributed by atoms with Gasteiger partial charge in [0, 0.05) is 5.92 Å². The molecule has 0 heterocycles. The number of rotatable bonds is 1. The van der Waals surface area contributed by atoms with Crippen molar-refractivity contribution in [3.8, 4) is 0 Å². The molecule has 3 unspecified atom stereocenters. The van der Waals surface area contributed by atoms with Gasteiger partial charge < -0.3 is 5.11 Å². The van der Waals surface area contributed by atoms with Crippen molar-refractivity contribution in [3.63, 3.8) is 0 Å². The lowest BCUT2D eigenvalue weighted by Gasteiger charge is -2.36. The number of carbonyl (C=O) groups excluding carboxylic acids is 1. The van der Waals surface area contributed by atoms with Crippen LogP contribution in [0.15, 0.2) is 0 Å². The summed E-state index contributed by atoms with van der Waals surface area (Å²) >= 11 is 0. The van der Waals surface area contributed by atoms with Crippen molar-refractivity contribution in [1.29, 1.82) is 0 Å². The molecular formula is C11H16O3. The first-order valence-corrected chi connectivity index (χ1v) is 5.09. The van der Waals surface area contributed by atoms with E-state index in [1.165, 1.54) is 0 Å². The van der Waals surface area contributed by atoms with Crippen molar-refractivity contribution in [2.24, 2.45) is 22.7 Å². The van der Waals surface area contributed by atoms with E-state index < -0.39 is 11.9 Å². The number of aliphatic carboxylic acids is 1. The highest BCUT2D eigenvalue weighted by atomic mass is 16.4. The third-order valence-corrected chi connectivity index (χ3v) is 4.81. The topological polar surface area (TPSA) is 54.4 Å². The predicted octanol–water partition coefficient (Wildman–Crippen LogP) is 1.71. The largest absolute Gasteiger partial charge is 0.481 e. The SMILES string of the molecule is CC1(C)C2CCC1(C)C(C(=O)O)C2=O. The number of fused-ring (bicyclic) bond motifs is 2. The van der Waals surface area contributed by atoms with Crippen molar-refractivity contribution in [2.75, 3.05) is 0 Å². The van der Waals surface area contributed by atoms with Gasteiger partial charge in [-0.05, 0) is 23.7 Å². The van der Waals surface area contributed by atoms with E-state index in [1.54, 1.807) is 0 Å². The maximum atomic E-state index is 11.8. The summed E-state index contributed by atoms with van der Waals surface area (Å²) in [7, 11) is 0. The molecule has 2 saturated carbocycles. The molecule has 2 aliphatic carbocycles. The third kappa shape index (κ3) is 0.787. The second-order valence-corrected chi connectivity index (χ2v) is 5.40. The standard InChI is InChI=1S/C11H16O3/c1-10(2)6-4-5-11(10,3)7(8(6)12)9(13)14/h6-7H,4-5H2,1-3H3,(H,13,14). The summed E-state index contributed by atoms with van der Waals surface area (Å²) < 4.78 is 0. The average Bonchev–Trinajstić information content (AvgIpc) is 2.30. The Labute approximate surface area is 83.5 Å². The molecule has 0 saturated heterocycles. The van der Waals surface area contributed by atoms with Crippen LogP contribution in [0.1, 0.15) is 33.6 Å². The lowest BCUT2D eigenvalue weighted by molar-refractivity contribution is -0.151. The van der Waals surface area contributed by atoms with Crippen LogP contribution in [0, 0.1) is 22.7 Å². The average molecular weight is 196 g/mol. The highest BCUT2D eigenvalue weighted by Crippen LogP contribution is 2.66. The van der Waals surface area contributed by atoms with Crippen LogP contribution in [0.5, 0.6) is 0 Å². The summed E-state index contributed by atoms with van der Waals surface area (Å²) in [5, 5.41) is 9.08. The van der Waals surface area contributed by atoms with Crippen LogP contribution in [0.25, 0.3) is 0 Å². The summed E-state index contributed by atoms with van der Waals surface area (Å²) in [6.45, 7) is 6.02. The molecule has 3 atom stereocenters. The van der Waals surface area contributed by atoms with Crippen molar-refractivity contribution in [3.05, 3.63) is 0 Å². The fraction of sp³-hybridized carbons (Fsp3) is 0.818. The number of carboxylic acid groups (broad SMARTS) is 1. The summed E-state index contributed by atoms with van der Waals surface area (Å²) in [6.07, 6.45) is 1.74. The quantitative estimate of drug-likeness (QED) is 0.649. The maximum absolute atomic E-state index is 11.8. The van der Waals surface area contributed by atoms with E-state index >= 15 is 0 Å². The zero-order valence-corrected chi connectivity index (χ0v) is 8.83. The van der Waals surface area contributed by atoms with E-state index in [0.29, 0.717) is 0 Å². The van der Waals surface area contributed by atoms with Crippen molar-refractivity contribution >= 4 is 11.8 Å². The molecule has 14 heavy (non-hydrogen) atoms. The Balaban J connectivity index is 2.51. The molecule has 2 fully saturated rings. The van der Waals surface area contributed by atoms with Crippen LogP contribution in [0.4, 0.5) is 0 Å². The van der Waals surface area contributed by atoms with Crippen molar-refractivity contribution in [1.82, 2.24) is 0 Å². The minimum Gasteiger partial charge on any atom is -0.481 e. The summed E-state index contributed by atoms with van der Waals surface area (Å²) in [4.78, 5) is 22.9. The minimum absolute atomic E-state index is 0.0337. The molecule has 3 heteroatoms. The number of carboxylic acids is 1. The Morgan fingerprint density at radius 1 is 1.43 bits per heavy atom. The van der Waals surface area contributed by atoms with E-state index in [4.69, 9.17) is 5.11 Å². The molecule has 0 aromatic carbocycles. The number of carbonyl (C=O) groups is 2. The molecular weight excluding hydrogens is 180 g/mol. The van der Waals surface area contributed by atoms with Gasteiger partial charge in [0.25, 0.3) is 0 Å². The highest BCUT2D eigenvalue weighted by Gasteiger charge is 2.68. The molecule has 0 radical (unpaired) electrons.